The number of hydrogen-bond donors (Lipinski definition) is 0. The van der Waals surface area contributed by atoms with E-state index in [1.165, 1.54) is 71.9 Å². The Bertz CT molecular complexity index is 1740. The first-order valence-corrected chi connectivity index (χ1v) is 20.8. The van der Waals surface area contributed by atoms with Crippen LogP contribution in [0.2, 0.25) is 0 Å². The molecule has 0 radical (unpaired) electrons. The standard InChI is InChI=1S/C25H25.C11H17.C6H10.2ClH.Zr/c1-14-12-24(3,4)22-8-16-7-17-9-23-19(15(2)13-25(23,5)6)11-21(17)20(16)10-18(14)22;1-5-9-6-7-10(8-9)11(2,3)4;1-2-4-6-5-3-1;;;/h8-12H,7H2,1-6H3;7-9H,5H2,1-4H3;1-5H2;2*1H;/q;;;;;+2/p-2. The number of halogens is 2. The molecule has 0 heterocycles. The summed E-state index contributed by atoms with van der Waals surface area (Å²) in [4.78, 5) is 0. The third-order valence-corrected chi connectivity index (χ3v) is 21.0. The van der Waals surface area contributed by atoms with Crippen LogP contribution < -0.4 is 24.8 Å². The maximum atomic E-state index is 2.73. The van der Waals surface area contributed by atoms with E-state index in [4.69, 9.17) is 0 Å². The zero-order valence-electron chi connectivity index (χ0n) is 29.3. The van der Waals surface area contributed by atoms with Gasteiger partial charge in [-0.3, -0.25) is 0 Å². The van der Waals surface area contributed by atoms with Crippen LogP contribution in [0.3, 0.4) is 0 Å². The molecule has 238 valence electrons. The average Bonchev–Trinajstić information content (AvgIpc) is 3.64. The number of fused-ring (bicyclic) bond motifs is 5. The molecule has 0 amide bonds. The monoisotopic (exact) mass is 716 g/mol. The zero-order valence-corrected chi connectivity index (χ0v) is 33.3. The normalized spacial score (nSPS) is 21.8. The second-order valence-corrected chi connectivity index (χ2v) is 22.7. The second kappa shape index (κ2) is 12.0. The van der Waals surface area contributed by atoms with Crippen molar-refractivity contribution in [1.29, 1.82) is 0 Å². The molecule has 5 aliphatic rings. The van der Waals surface area contributed by atoms with Crippen LogP contribution in [-0.2, 0) is 38.5 Å². The number of rotatable bonds is 3. The molecule has 1 unspecified atom stereocenters. The summed E-state index contributed by atoms with van der Waals surface area (Å²) >= 11 is -2.32. The molecule has 0 saturated heterocycles. The Labute approximate surface area is 293 Å². The van der Waals surface area contributed by atoms with Crippen molar-refractivity contribution in [3.63, 3.8) is 0 Å². The van der Waals surface area contributed by atoms with E-state index in [1.54, 1.807) is 27.8 Å². The molecule has 2 aromatic carbocycles. The first-order valence-electron chi connectivity index (χ1n) is 17.2. The summed E-state index contributed by atoms with van der Waals surface area (Å²) < 4.78 is 5.80. The van der Waals surface area contributed by atoms with E-state index in [0.29, 0.717) is 5.92 Å². The van der Waals surface area contributed by atoms with Crippen LogP contribution in [0, 0.1) is 11.3 Å². The molecule has 1 saturated carbocycles. The number of benzene rings is 2. The maximum absolute atomic E-state index is 2.73. The van der Waals surface area contributed by atoms with Gasteiger partial charge in [-0.1, -0.05) is 0 Å². The van der Waals surface area contributed by atoms with Crippen molar-refractivity contribution < 1.29 is 46.1 Å². The predicted octanol–water partition coefficient (Wildman–Crippen LogP) is 5.63. The van der Waals surface area contributed by atoms with Crippen LogP contribution in [0.15, 0.2) is 54.6 Å². The molecule has 0 N–H and O–H groups in total. The van der Waals surface area contributed by atoms with Gasteiger partial charge in [0, 0.05) is 0 Å². The van der Waals surface area contributed by atoms with E-state index in [2.05, 4.69) is 112 Å². The van der Waals surface area contributed by atoms with Crippen molar-refractivity contribution in [2.24, 2.45) is 11.3 Å². The maximum Gasteiger partial charge on any atom is -1.00 e. The molecule has 0 aliphatic heterocycles. The summed E-state index contributed by atoms with van der Waals surface area (Å²) in [5.41, 5.74) is 17.4. The van der Waals surface area contributed by atoms with Crippen LogP contribution in [0.5, 0.6) is 0 Å². The Morgan fingerprint density at radius 2 is 1.40 bits per heavy atom. The van der Waals surface area contributed by atoms with E-state index >= 15 is 0 Å². The van der Waals surface area contributed by atoms with E-state index in [1.807, 2.05) is 9.77 Å². The third-order valence-electron chi connectivity index (χ3n) is 11.7. The molecular formula is C42H52Cl2Zr. The Morgan fingerprint density at radius 3 is 2.00 bits per heavy atom. The minimum atomic E-state index is -2.32. The van der Waals surface area contributed by atoms with Crippen LogP contribution in [0.25, 0.3) is 22.3 Å². The van der Waals surface area contributed by atoms with Crippen LogP contribution in [0.4, 0.5) is 0 Å². The van der Waals surface area contributed by atoms with Crippen LogP contribution in [0.1, 0.15) is 141 Å². The van der Waals surface area contributed by atoms with Crippen molar-refractivity contribution in [2.45, 2.75) is 125 Å². The van der Waals surface area contributed by atoms with Gasteiger partial charge in [0.2, 0.25) is 0 Å². The van der Waals surface area contributed by atoms with E-state index < -0.39 is 21.3 Å². The van der Waals surface area contributed by atoms with E-state index in [9.17, 15) is 0 Å². The summed E-state index contributed by atoms with van der Waals surface area (Å²) in [5, 5.41) is 0. The summed E-state index contributed by atoms with van der Waals surface area (Å²) in [7, 11) is 0. The SMILES string of the molecule is CCC1C=C(C(C)(C)C)C=[C]1[Zr+2]([C]1=C(C)c2cc3c(cc2C1(C)C)Cc1cc2c(cc1-3)C(C)=CC2(C)C)=[C]1CCCCC1.[Cl-].[Cl-]. The van der Waals surface area contributed by atoms with Crippen LogP contribution in [-0.4, -0.2) is 3.21 Å². The van der Waals surface area contributed by atoms with Gasteiger partial charge in [0.25, 0.3) is 0 Å². The fraction of sp³-hybridized carbons (Fsp3) is 0.500. The summed E-state index contributed by atoms with van der Waals surface area (Å²) in [5.74, 6) is 0.636. The van der Waals surface area contributed by atoms with Gasteiger partial charge in [0.15, 0.2) is 0 Å². The average molecular weight is 719 g/mol. The Kier molecular flexibility index (Phi) is 9.35. The molecular weight excluding hydrogens is 667 g/mol. The Balaban J connectivity index is 0.00000200. The smallest absolute Gasteiger partial charge is 1.00 e. The summed E-state index contributed by atoms with van der Waals surface area (Å²) in [6.07, 6.45) is 17.2. The van der Waals surface area contributed by atoms with Gasteiger partial charge in [-0.25, -0.2) is 0 Å². The molecule has 1 fully saturated rings. The molecule has 0 aromatic heterocycles. The molecule has 0 bridgehead atoms. The molecule has 45 heavy (non-hydrogen) atoms. The molecule has 1 atom stereocenters. The van der Waals surface area contributed by atoms with Gasteiger partial charge in [-0.15, -0.1) is 0 Å². The minimum absolute atomic E-state index is 0. The van der Waals surface area contributed by atoms with Crippen molar-refractivity contribution in [3.05, 3.63) is 88.0 Å². The van der Waals surface area contributed by atoms with Gasteiger partial charge < -0.3 is 24.8 Å². The van der Waals surface area contributed by atoms with Crippen molar-refractivity contribution in [2.75, 3.05) is 0 Å². The van der Waals surface area contributed by atoms with Gasteiger partial charge in [0.1, 0.15) is 0 Å². The number of hydrogen-bond acceptors (Lipinski definition) is 0. The fourth-order valence-corrected chi connectivity index (χ4v) is 19.5. The fourth-order valence-electron chi connectivity index (χ4n) is 9.35. The quantitative estimate of drug-likeness (QED) is 0.330. The first kappa shape index (κ1) is 35.1. The summed E-state index contributed by atoms with van der Waals surface area (Å²) in [6, 6.07) is 10.4. The van der Waals surface area contributed by atoms with Crippen molar-refractivity contribution in [3.8, 4) is 11.1 Å². The molecule has 0 nitrogen and oxygen atoms in total. The van der Waals surface area contributed by atoms with Crippen LogP contribution >= 0.6 is 0 Å². The molecule has 2 aromatic rings. The zero-order chi connectivity index (χ0) is 30.6. The molecule has 0 spiro atoms. The van der Waals surface area contributed by atoms with Gasteiger partial charge in [-0.2, -0.15) is 0 Å². The minimum Gasteiger partial charge on any atom is -1.00 e. The second-order valence-electron chi connectivity index (χ2n) is 16.5. The first-order chi connectivity index (χ1) is 20.2. The van der Waals surface area contributed by atoms with Crippen molar-refractivity contribution in [1.82, 2.24) is 0 Å². The Hall–Kier alpha value is -1.27. The Morgan fingerprint density at radius 1 is 0.800 bits per heavy atom. The van der Waals surface area contributed by atoms with Gasteiger partial charge in [-0.05, 0) is 0 Å². The molecule has 7 rings (SSSR count). The van der Waals surface area contributed by atoms with Gasteiger partial charge in [0.05, 0.1) is 0 Å². The topological polar surface area (TPSA) is 0 Å². The third kappa shape index (κ3) is 5.48. The molecule has 3 heteroatoms. The molecule has 5 aliphatic carbocycles. The van der Waals surface area contributed by atoms with E-state index in [0.717, 1.165) is 6.42 Å². The van der Waals surface area contributed by atoms with E-state index in [-0.39, 0.29) is 41.1 Å². The van der Waals surface area contributed by atoms with Gasteiger partial charge >= 0.3 is 271 Å². The summed E-state index contributed by atoms with van der Waals surface area (Å²) in [6.45, 7) is 24.4. The number of allylic oxidation sites excluding steroid dienone is 8. The largest absolute Gasteiger partial charge is 1.00 e. The van der Waals surface area contributed by atoms with Crippen molar-refractivity contribution >= 4 is 14.4 Å². The predicted molar refractivity (Wildman–Crippen MR) is 184 cm³/mol.